The molecule has 162 valence electrons. The van der Waals surface area contributed by atoms with Crippen molar-refractivity contribution in [1.29, 1.82) is 0 Å². The van der Waals surface area contributed by atoms with Crippen LogP contribution in [0.25, 0.3) is 17.0 Å². The zero-order valence-corrected chi connectivity index (χ0v) is 18.6. The summed E-state index contributed by atoms with van der Waals surface area (Å²) in [6.45, 7) is 0. The lowest BCUT2D eigenvalue weighted by Gasteiger charge is -2.27. The van der Waals surface area contributed by atoms with E-state index < -0.39 is 15.9 Å². The van der Waals surface area contributed by atoms with Gasteiger partial charge in [0.1, 0.15) is 6.17 Å². The normalized spacial score (nSPS) is 12.1. The van der Waals surface area contributed by atoms with Crippen LogP contribution in [0, 0.1) is 0 Å². The molecule has 5 nitrogen and oxygen atoms in total. The maximum absolute atomic E-state index is 12.3. The number of fused-ring (bicyclic) bond motifs is 1. The third-order valence-corrected chi connectivity index (χ3v) is 4.87. The quantitative estimate of drug-likeness (QED) is 0.184. The number of nitrogens with one attached hydrogen (secondary N) is 3. The van der Waals surface area contributed by atoms with E-state index in [9.17, 15) is 4.79 Å². The molecule has 0 spiro atoms. The average molecular weight is 496 g/mol. The van der Waals surface area contributed by atoms with E-state index in [1.165, 1.54) is 6.08 Å². The number of anilines is 1. The minimum atomic E-state index is -1.85. The fourth-order valence-electron chi connectivity index (χ4n) is 2.62. The molecule has 3 rings (SSSR count). The molecule has 0 aliphatic rings. The van der Waals surface area contributed by atoms with Gasteiger partial charge >= 0.3 is 0 Å². The number of para-hydroxylation sites is 1. The lowest BCUT2D eigenvalue weighted by Crippen LogP contribution is -2.55. The van der Waals surface area contributed by atoms with Gasteiger partial charge in [0, 0.05) is 17.7 Å². The number of alkyl halides is 3. The van der Waals surface area contributed by atoms with E-state index in [2.05, 4.69) is 20.9 Å². The highest BCUT2D eigenvalue weighted by Gasteiger charge is 2.34. The first-order chi connectivity index (χ1) is 14.3. The molecule has 1 unspecified atom stereocenters. The summed E-state index contributed by atoms with van der Waals surface area (Å²) in [7, 11) is 0. The van der Waals surface area contributed by atoms with Gasteiger partial charge in [0.2, 0.25) is 9.70 Å². The molecule has 0 bridgehead atoms. The van der Waals surface area contributed by atoms with Gasteiger partial charge in [0.05, 0.1) is 11.2 Å². The van der Waals surface area contributed by atoms with Crippen molar-refractivity contribution in [3.8, 4) is 0 Å². The Kier molecular flexibility index (Phi) is 9.07. The average Bonchev–Trinajstić information content (AvgIpc) is 2.72. The molecule has 0 fully saturated rings. The minimum Gasteiger partial charge on any atom is -0.339 e. The van der Waals surface area contributed by atoms with Gasteiger partial charge in [0.15, 0.2) is 5.11 Å². The fourth-order valence-corrected chi connectivity index (χ4v) is 3.18. The molecule has 1 atom stereocenters. The van der Waals surface area contributed by atoms with Crippen LogP contribution in [0.15, 0.2) is 72.9 Å². The van der Waals surface area contributed by atoms with E-state index >= 15 is 0 Å². The van der Waals surface area contributed by atoms with Gasteiger partial charge in [0.25, 0.3) is 0 Å². The van der Waals surface area contributed by atoms with Crippen LogP contribution in [-0.4, -0.2) is 26.0 Å². The molecule has 3 N–H and O–H groups in total. The SMILES string of the molecule is C.O=C(/C=C/c1ccccc1)NC(NC(=S)Nc1cccc2cccnc12)C(Cl)(Cl)Cl. The van der Waals surface area contributed by atoms with Crippen LogP contribution in [0.3, 0.4) is 0 Å². The first-order valence-corrected chi connectivity index (χ1v) is 10.4. The number of benzene rings is 2. The molecule has 0 aliphatic heterocycles. The molecule has 0 radical (unpaired) electrons. The van der Waals surface area contributed by atoms with Crippen molar-refractivity contribution in [3.63, 3.8) is 0 Å². The van der Waals surface area contributed by atoms with Crippen molar-refractivity contribution < 1.29 is 4.79 Å². The number of pyridine rings is 1. The van der Waals surface area contributed by atoms with Gasteiger partial charge in [-0.1, -0.05) is 90.8 Å². The highest BCUT2D eigenvalue weighted by Crippen LogP contribution is 2.29. The third-order valence-electron chi connectivity index (χ3n) is 4.00. The Bertz CT molecular complexity index is 1070. The maximum atomic E-state index is 12.3. The Morgan fingerprint density at radius 2 is 1.71 bits per heavy atom. The van der Waals surface area contributed by atoms with Crippen molar-refractivity contribution >= 4 is 80.7 Å². The molecule has 1 aromatic heterocycles. The van der Waals surface area contributed by atoms with Gasteiger partial charge in [-0.05, 0) is 36.0 Å². The number of aromatic nitrogens is 1. The Hall–Kier alpha value is -2.38. The zero-order valence-electron chi connectivity index (χ0n) is 15.5. The Labute approximate surface area is 201 Å². The molecule has 1 heterocycles. The zero-order chi connectivity index (χ0) is 21.6. The molecule has 0 saturated carbocycles. The summed E-state index contributed by atoms with van der Waals surface area (Å²) in [5.41, 5.74) is 2.29. The van der Waals surface area contributed by atoms with Crippen LogP contribution in [0.1, 0.15) is 13.0 Å². The topological polar surface area (TPSA) is 66.1 Å². The number of nitrogens with zero attached hydrogens (tertiary/aromatic N) is 1. The number of halogens is 3. The summed E-state index contributed by atoms with van der Waals surface area (Å²) in [6, 6.07) is 18.8. The van der Waals surface area contributed by atoms with Crippen molar-refractivity contribution in [2.75, 3.05) is 5.32 Å². The monoisotopic (exact) mass is 494 g/mol. The maximum Gasteiger partial charge on any atom is 0.245 e. The Balaban J connectivity index is 0.00000341. The lowest BCUT2D eigenvalue weighted by atomic mass is 10.2. The summed E-state index contributed by atoms with van der Waals surface area (Å²) < 4.78 is -1.85. The second-order valence-electron chi connectivity index (χ2n) is 6.21. The molecule has 31 heavy (non-hydrogen) atoms. The smallest absolute Gasteiger partial charge is 0.245 e. The number of amides is 1. The van der Waals surface area contributed by atoms with Crippen molar-refractivity contribution in [2.24, 2.45) is 0 Å². The molecule has 1 amide bonds. The molecule has 0 aliphatic carbocycles. The molecular formula is C22H21Cl3N4OS. The van der Waals surface area contributed by atoms with Gasteiger partial charge in [-0.3, -0.25) is 9.78 Å². The molecule has 2 aromatic carbocycles. The molecule has 0 saturated heterocycles. The predicted molar refractivity (Wildman–Crippen MR) is 136 cm³/mol. The van der Waals surface area contributed by atoms with Crippen molar-refractivity contribution in [1.82, 2.24) is 15.6 Å². The van der Waals surface area contributed by atoms with Crippen LogP contribution >= 0.6 is 47.0 Å². The standard InChI is InChI=1S/C21H17Cl3N4OS.CH4/c22-21(23,24)19(27-17(29)12-11-14-6-2-1-3-7-14)28-20(30)26-16-10-4-8-15-9-5-13-25-18(15)16;/h1-13,19H,(H,27,29)(H2,26,28,30);1H4/b12-11+;. The molecule has 9 heteroatoms. The van der Waals surface area contributed by atoms with E-state index in [4.69, 9.17) is 47.0 Å². The minimum absolute atomic E-state index is 0. The molecule has 3 aromatic rings. The third kappa shape index (κ3) is 7.36. The number of carbonyl (C=O) groups excluding carboxylic acids is 1. The number of hydrogen-bond donors (Lipinski definition) is 3. The van der Waals surface area contributed by atoms with Crippen LogP contribution < -0.4 is 16.0 Å². The van der Waals surface area contributed by atoms with E-state index in [-0.39, 0.29) is 12.5 Å². The van der Waals surface area contributed by atoms with Crippen molar-refractivity contribution in [3.05, 3.63) is 78.5 Å². The Morgan fingerprint density at radius 1 is 1.00 bits per heavy atom. The van der Waals surface area contributed by atoms with E-state index in [0.29, 0.717) is 5.69 Å². The summed E-state index contributed by atoms with van der Waals surface area (Å²) in [4.78, 5) is 16.7. The van der Waals surface area contributed by atoms with E-state index in [1.807, 2.05) is 60.7 Å². The van der Waals surface area contributed by atoms with Gasteiger partial charge in [-0.2, -0.15) is 0 Å². The first kappa shape index (κ1) is 24.9. The van der Waals surface area contributed by atoms with Gasteiger partial charge in [-0.25, -0.2) is 0 Å². The first-order valence-electron chi connectivity index (χ1n) is 8.84. The summed E-state index contributed by atoms with van der Waals surface area (Å²) >= 11 is 23.4. The second-order valence-corrected chi connectivity index (χ2v) is 8.98. The lowest BCUT2D eigenvalue weighted by molar-refractivity contribution is -0.117. The van der Waals surface area contributed by atoms with Crippen LogP contribution in [0.4, 0.5) is 5.69 Å². The second kappa shape index (κ2) is 11.3. The summed E-state index contributed by atoms with van der Waals surface area (Å²) in [5.74, 6) is -0.447. The van der Waals surface area contributed by atoms with Gasteiger partial charge < -0.3 is 16.0 Å². The Morgan fingerprint density at radius 3 is 2.42 bits per heavy atom. The van der Waals surface area contributed by atoms with Crippen LogP contribution in [-0.2, 0) is 4.79 Å². The number of carbonyl (C=O) groups is 1. The van der Waals surface area contributed by atoms with Crippen LogP contribution in [0.2, 0.25) is 0 Å². The van der Waals surface area contributed by atoms with Gasteiger partial charge in [-0.15, -0.1) is 0 Å². The highest BCUT2D eigenvalue weighted by atomic mass is 35.6. The van der Waals surface area contributed by atoms with Crippen LogP contribution in [0.5, 0.6) is 0 Å². The summed E-state index contributed by atoms with van der Waals surface area (Å²) in [5, 5.41) is 9.58. The largest absolute Gasteiger partial charge is 0.339 e. The predicted octanol–water partition coefficient (Wildman–Crippen LogP) is 5.68. The summed E-state index contributed by atoms with van der Waals surface area (Å²) in [6.07, 6.45) is 3.63. The van der Waals surface area contributed by atoms with E-state index in [1.54, 1.807) is 12.3 Å². The number of rotatable bonds is 5. The highest BCUT2D eigenvalue weighted by molar-refractivity contribution is 7.80. The van der Waals surface area contributed by atoms with E-state index in [0.717, 1.165) is 16.5 Å². The number of thiocarbonyl (C=S) groups is 1. The van der Waals surface area contributed by atoms with Crippen molar-refractivity contribution in [2.45, 2.75) is 17.4 Å². The molecular weight excluding hydrogens is 475 g/mol. The fraction of sp³-hybridized carbons (Fsp3) is 0.136. The number of hydrogen-bond acceptors (Lipinski definition) is 3.